The van der Waals surface area contributed by atoms with E-state index in [4.69, 9.17) is 16.0 Å². The van der Waals surface area contributed by atoms with Crippen LogP contribution in [0.15, 0.2) is 22.8 Å². The van der Waals surface area contributed by atoms with Crippen LogP contribution in [0, 0.1) is 13.8 Å². The Morgan fingerprint density at radius 2 is 2.06 bits per heavy atom. The molecule has 0 amide bonds. The van der Waals surface area contributed by atoms with E-state index in [1.165, 1.54) is 5.56 Å². The van der Waals surface area contributed by atoms with Crippen molar-refractivity contribution in [1.29, 1.82) is 0 Å². The van der Waals surface area contributed by atoms with Gasteiger partial charge in [-0.15, -0.1) is 0 Å². The number of hydrogen-bond donors (Lipinski definition) is 0. The van der Waals surface area contributed by atoms with Gasteiger partial charge in [0.05, 0.1) is 12.8 Å². The molecule has 0 aliphatic heterocycles. The number of aromatic nitrogens is 2. The Labute approximate surface area is 112 Å². The Hall–Kier alpha value is -1.39. The third-order valence-electron chi connectivity index (χ3n) is 2.69. The lowest BCUT2D eigenvalue weighted by molar-refractivity contribution is 0.308. The van der Waals surface area contributed by atoms with Gasteiger partial charge in [0, 0.05) is 17.8 Å². The number of hydrogen-bond acceptors (Lipinski definition) is 4. The van der Waals surface area contributed by atoms with Crippen LogP contribution in [-0.4, -0.2) is 21.9 Å². The molecule has 5 heteroatoms. The van der Waals surface area contributed by atoms with E-state index in [1.54, 1.807) is 12.3 Å². The largest absolute Gasteiger partial charge is 0.469 e. The minimum absolute atomic E-state index is 0.491. The van der Waals surface area contributed by atoms with Crippen LogP contribution in [0.3, 0.4) is 0 Å². The molecule has 96 valence electrons. The number of furan rings is 1. The molecular weight excluding hydrogens is 250 g/mol. The number of halogens is 1. The van der Waals surface area contributed by atoms with E-state index in [9.17, 15) is 0 Å². The van der Waals surface area contributed by atoms with Crippen molar-refractivity contribution in [2.75, 3.05) is 7.05 Å². The van der Waals surface area contributed by atoms with Crippen molar-refractivity contribution in [3.8, 4) is 0 Å². The van der Waals surface area contributed by atoms with Crippen LogP contribution in [0.1, 0.15) is 22.8 Å². The summed E-state index contributed by atoms with van der Waals surface area (Å²) in [5.41, 5.74) is 2.06. The molecule has 0 bridgehead atoms. The maximum atomic E-state index is 5.92. The molecule has 0 spiro atoms. The maximum Gasteiger partial charge on any atom is 0.144 e. The molecular formula is C13H16ClN3O. The Morgan fingerprint density at radius 3 is 2.67 bits per heavy atom. The summed E-state index contributed by atoms with van der Waals surface area (Å²) >= 11 is 5.92. The van der Waals surface area contributed by atoms with E-state index in [2.05, 4.69) is 14.9 Å². The van der Waals surface area contributed by atoms with Gasteiger partial charge in [0.15, 0.2) is 0 Å². The lowest BCUT2D eigenvalue weighted by Crippen LogP contribution is -2.19. The van der Waals surface area contributed by atoms with Crippen molar-refractivity contribution >= 4 is 11.6 Å². The highest BCUT2D eigenvalue weighted by molar-refractivity contribution is 6.29. The second-order valence-electron chi connectivity index (χ2n) is 4.42. The molecule has 0 unspecified atom stereocenters. The standard InChI is InChI=1S/C13H16ClN3O/c1-9-6-12(14)16-13(15-9)8-17(3)7-11-4-5-18-10(11)2/h4-6H,7-8H2,1-3H3. The van der Waals surface area contributed by atoms with Crippen LogP contribution in [-0.2, 0) is 13.1 Å². The fraction of sp³-hybridized carbons (Fsp3) is 0.385. The molecule has 0 N–H and O–H groups in total. The van der Waals surface area contributed by atoms with Crippen LogP contribution < -0.4 is 0 Å². The Morgan fingerprint density at radius 1 is 1.28 bits per heavy atom. The number of aryl methyl sites for hydroxylation is 2. The van der Waals surface area contributed by atoms with E-state index >= 15 is 0 Å². The average Bonchev–Trinajstić information content (AvgIpc) is 2.62. The second-order valence-corrected chi connectivity index (χ2v) is 4.81. The average molecular weight is 266 g/mol. The summed E-state index contributed by atoms with van der Waals surface area (Å²) < 4.78 is 5.27. The van der Waals surface area contributed by atoms with Gasteiger partial charge >= 0.3 is 0 Å². The number of rotatable bonds is 4. The molecule has 0 aliphatic carbocycles. The van der Waals surface area contributed by atoms with E-state index in [0.717, 1.165) is 23.8 Å². The van der Waals surface area contributed by atoms with E-state index in [0.29, 0.717) is 11.7 Å². The van der Waals surface area contributed by atoms with E-state index < -0.39 is 0 Å². The minimum Gasteiger partial charge on any atom is -0.469 e. The van der Waals surface area contributed by atoms with Gasteiger partial charge in [-0.1, -0.05) is 11.6 Å². The lowest BCUT2D eigenvalue weighted by atomic mass is 10.2. The molecule has 0 aromatic carbocycles. The van der Waals surface area contributed by atoms with Crippen LogP contribution >= 0.6 is 11.6 Å². The Balaban J connectivity index is 2.03. The highest BCUT2D eigenvalue weighted by atomic mass is 35.5. The van der Waals surface area contributed by atoms with Gasteiger partial charge in [0.1, 0.15) is 16.7 Å². The first kappa shape index (κ1) is 13.1. The zero-order chi connectivity index (χ0) is 13.1. The van der Waals surface area contributed by atoms with Crippen molar-refractivity contribution in [1.82, 2.24) is 14.9 Å². The first-order valence-electron chi connectivity index (χ1n) is 5.76. The van der Waals surface area contributed by atoms with E-state index in [-0.39, 0.29) is 0 Å². The van der Waals surface area contributed by atoms with Gasteiger partial charge in [0.25, 0.3) is 0 Å². The monoisotopic (exact) mass is 265 g/mol. The summed E-state index contributed by atoms with van der Waals surface area (Å²) in [6.45, 7) is 5.34. The first-order chi connectivity index (χ1) is 8.54. The zero-order valence-electron chi connectivity index (χ0n) is 10.8. The quantitative estimate of drug-likeness (QED) is 0.797. The summed E-state index contributed by atoms with van der Waals surface area (Å²) in [7, 11) is 2.02. The molecule has 2 aromatic heterocycles. The molecule has 2 rings (SSSR count). The lowest BCUT2D eigenvalue weighted by Gasteiger charge is -2.15. The van der Waals surface area contributed by atoms with Gasteiger partial charge in [-0.3, -0.25) is 4.90 Å². The van der Waals surface area contributed by atoms with Crippen molar-refractivity contribution in [2.45, 2.75) is 26.9 Å². The van der Waals surface area contributed by atoms with Gasteiger partial charge in [-0.05, 0) is 33.0 Å². The Kier molecular flexibility index (Phi) is 3.99. The summed E-state index contributed by atoms with van der Waals surface area (Å²) in [6.07, 6.45) is 1.71. The molecule has 0 fully saturated rings. The van der Waals surface area contributed by atoms with E-state index in [1.807, 2.05) is 27.0 Å². The van der Waals surface area contributed by atoms with Crippen molar-refractivity contribution in [3.63, 3.8) is 0 Å². The van der Waals surface area contributed by atoms with Crippen LogP contribution in [0.5, 0.6) is 0 Å². The summed E-state index contributed by atoms with van der Waals surface area (Å²) in [4.78, 5) is 10.7. The van der Waals surface area contributed by atoms with Gasteiger partial charge in [-0.2, -0.15) is 0 Å². The molecule has 0 saturated heterocycles. The van der Waals surface area contributed by atoms with Crippen LogP contribution in [0.2, 0.25) is 5.15 Å². The summed E-state index contributed by atoms with van der Waals surface area (Å²) in [6, 6.07) is 3.74. The molecule has 2 aromatic rings. The van der Waals surface area contributed by atoms with Gasteiger partial charge < -0.3 is 4.42 Å². The van der Waals surface area contributed by atoms with Gasteiger partial charge in [0.2, 0.25) is 0 Å². The third-order valence-corrected chi connectivity index (χ3v) is 2.88. The van der Waals surface area contributed by atoms with Gasteiger partial charge in [-0.25, -0.2) is 9.97 Å². The van der Waals surface area contributed by atoms with Crippen molar-refractivity contribution in [2.24, 2.45) is 0 Å². The topological polar surface area (TPSA) is 42.2 Å². The molecule has 2 heterocycles. The summed E-state index contributed by atoms with van der Waals surface area (Å²) in [5.74, 6) is 1.69. The van der Waals surface area contributed by atoms with Crippen LogP contribution in [0.4, 0.5) is 0 Å². The maximum absolute atomic E-state index is 5.92. The molecule has 0 aliphatic rings. The smallest absolute Gasteiger partial charge is 0.144 e. The minimum atomic E-state index is 0.491. The molecule has 0 atom stereocenters. The molecule has 0 radical (unpaired) electrons. The molecule has 4 nitrogen and oxygen atoms in total. The molecule has 0 saturated carbocycles. The second kappa shape index (κ2) is 5.50. The fourth-order valence-electron chi connectivity index (χ4n) is 1.82. The van der Waals surface area contributed by atoms with Crippen molar-refractivity contribution < 1.29 is 4.42 Å². The predicted octanol–water partition coefficient (Wildman–Crippen LogP) is 2.97. The van der Waals surface area contributed by atoms with Crippen LogP contribution in [0.25, 0.3) is 0 Å². The SMILES string of the molecule is Cc1cc(Cl)nc(CN(C)Cc2ccoc2C)n1. The highest BCUT2D eigenvalue weighted by Gasteiger charge is 2.08. The van der Waals surface area contributed by atoms with Crippen molar-refractivity contribution in [3.05, 3.63) is 46.4 Å². The Bertz CT molecular complexity index is 519. The summed E-state index contributed by atoms with van der Waals surface area (Å²) in [5, 5.41) is 0.491. The zero-order valence-corrected chi connectivity index (χ0v) is 11.5. The third kappa shape index (κ3) is 3.31. The predicted molar refractivity (Wildman–Crippen MR) is 70.4 cm³/mol. The fourth-order valence-corrected chi connectivity index (χ4v) is 2.08. The normalized spacial score (nSPS) is 11.2. The highest BCUT2D eigenvalue weighted by Crippen LogP contribution is 2.13. The first-order valence-corrected chi connectivity index (χ1v) is 6.14. The molecule has 18 heavy (non-hydrogen) atoms. The number of nitrogens with zero attached hydrogens (tertiary/aromatic N) is 3.